The Kier molecular flexibility index (Phi) is 5.53. The van der Waals surface area contributed by atoms with Crippen LogP contribution in [0.5, 0.6) is 5.75 Å². The third kappa shape index (κ3) is 4.06. The molecule has 0 saturated heterocycles. The van der Waals surface area contributed by atoms with Crippen molar-refractivity contribution in [3.8, 4) is 5.75 Å². The van der Waals surface area contributed by atoms with Crippen LogP contribution in [-0.2, 0) is 0 Å². The van der Waals surface area contributed by atoms with Crippen LogP contribution in [-0.4, -0.2) is 25.6 Å². The van der Waals surface area contributed by atoms with Crippen molar-refractivity contribution in [2.24, 2.45) is 0 Å². The lowest BCUT2D eigenvalue weighted by Gasteiger charge is -2.19. The van der Waals surface area contributed by atoms with Gasteiger partial charge in [0.2, 0.25) is 0 Å². The van der Waals surface area contributed by atoms with Crippen LogP contribution in [0.3, 0.4) is 0 Å². The van der Waals surface area contributed by atoms with Crippen molar-refractivity contribution >= 4 is 46.3 Å². The Labute approximate surface area is 193 Å². The predicted molar refractivity (Wildman–Crippen MR) is 122 cm³/mol. The van der Waals surface area contributed by atoms with E-state index in [2.05, 4.69) is 25.6 Å². The number of halogens is 3. The third-order valence-electron chi connectivity index (χ3n) is 5.47. The van der Waals surface area contributed by atoms with E-state index in [-0.39, 0.29) is 5.02 Å². The summed E-state index contributed by atoms with van der Waals surface area (Å²) in [6.07, 6.45) is 7.32. The summed E-state index contributed by atoms with van der Waals surface area (Å²) in [5.41, 5.74) is 3.53. The number of nitrogens with one attached hydrogen (secondary N) is 1. The van der Waals surface area contributed by atoms with Gasteiger partial charge in [0.15, 0.2) is 5.82 Å². The number of H-pyrrole nitrogens is 1. The maximum atomic E-state index is 14.0. The van der Waals surface area contributed by atoms with Crippen molar-refractivity contribution in [3.63, 3.8) is 0 Å². The highest BCUT2D eigenvalue weighted by molar-refractivity contribution is 6.36. The average molecular weight is 470 g/mol. The van der Waals surface area contributed by atoms with E-state index in [9.17, 15) is 4.39 Å². The molecule has 0 spiro atoms. The first kappa shape index (κ1) is 20.8. The predicted octanol–water partition coefficient (Wildman–Crippen LogP) is 6.38. The number of tetrazole rings is 1. The molecule has 2 aromatic heterocycles. The lowest BCUT2D eigenvalue weighted by molar-refractivity contribution is 0.227. The largest absolute Gasteiger partial charge is 0.486 e. The lowest BCUT2D eigenvalue weighted by atomic mass is 9.99. The molecule has 0 unspecified atom stereocenters. The molecule has 5 rings (SSSR count). The van der Waals surface area contributed by atoms with Gasteiger partial charge in [0.05, 0.1) is 10.5 Å². The van der Waals surface area contributed by atoms with E-state index < -0.39 is 11.9 Å². The molecule has 2 aromatic carbocycles. The molecule has 0 aliphatic heterocycles. The molecule has 1 atom stereocenters. The fourth-order valence-electron chi connectivity index (χ4n) is 3.82. The van der Waals surface area contributed by atoms with Crippen molar-refractivity contribution < 1.29 is 9.13 Å². The van der Waals surface area contributed by atoms with E-state index in [4.69, 9.17) is 27.9 Å². The molecule has 1 N–H and O–H groups in total. The summed E-state index contributed by atoms with van der Waals surface area (Å²) in [4.78, 5) is 4.61. The second-order valence-electron chi connectivity index (χ2n) is 7.70. The first-order chi connectivity index (χ1) is 15.5. The Balaban J connectivity index is 1.52. The average Bonchev–Trinajstić information content (AvgIpc) is 3.48. The number of fused-ring (bicyclic) bond motifs is 1. The van der Waals surface area contributed by atoms with E-state index in [1.54, 1.807) is 13.0 Å². The van der Waals surface area contributed by atoms with Gasteiger partial charge in [0, 0.05) is 22.2 Å². The van der Waals surface area contributed by atoms with Gasteiger partial charge in [0.1, 0.15) is 17.7 Å². The number of ether oxygens (including phenoxy) is 1. The quantitative estimate of drug-likeness (QED) is 0.331. The molecule has 32 heavy (non-hydrogen) atoms. The second kappa shape index (κ2) is 8.48. The van der Waals surface area contributed by atoms with Gasteiger partial charge in [-0.3, -0.25) is 4.98 Å². The van der Waals surface area contributed by atoms with E-state index >= 15 is 0 Å². The molecule has 1 aliphatic rings. The Bertz CT molecular complexity index is 1320. The minimum Gasteiger partial charge on any atom is -0.486 e. The van der Waals surface area contributed by atoms with E-state index in [1.165, 1.54) is 17.7 Å². The van der Waals surface area contributed by atoms with Gasteiger partial charge in [-0.15, -0.1) is 10.2 Å². The lowest BCUT2D eigenvalue weighted by Crippen LogP contribution is -2.06. The number of rotatable bonds is 6. The zero-order chi connectivity index (χ0) is 22.2. The molecule has 2 heterocycles. The molecule has 6 nitrogen and oxygen atoms in total. The molecular formula is C23H18Cl2FN5O. The molecule has 0 bridgehead atoms. The number of hydrogen-bond donors (Lipinski definition) is 1. The molecule has 1 aliphatic carbocycles. The Morgan fingerprint density at radius 1 is 1.19 bits per heavy atom. The van der Waals surface area contributed by atoms with Crippen LogP contribution in [0.15, 0.2) is 36.5 Å². The smallest absolute Gasteiger partial charge is 0.197 e. The van der Waals surface area contributed by atoms with Gasteiger partial charge < -0.3 is 4.74 Å². The highest BCUT2D eigenvalue weighted by Crippen LogP contribution is 2.46. The topological polar surface area (TPSA) is 76.6 Å². The summed E-state index contributed by atoms with van der Waals surface area (Å²) in [5.74, 6) is 1.06. The van der Waals surface area contributed by atoms with Crippen LogP contribution in [0.25, 0.3) is 23.1 Å². The third-order valence-corrected chi connectivity index (χ3v) is 6.18. The summed E-state index contributed by atoms with van der Waals surface area (Å²) in [6, 6.07) is 8.46. The van der Waals surface area contributed by atoms with Crippen molar-refractivity contribution in [1.82, 2.24) is 25.6 Å². The number of nitrogens with zero attached hydrogens (tertiary/aromatic N) is 4. The van der Waals surface area contributed by atoms with Crippen molar-refractivity contribution in [1.29, 1.82) is 0 Å². The molecule has 1 fully saturated rings. The zero-order valence-corrected chi connectivity index (χ0v) is 18.5. The summed E-state index contributed by atoms with van der Waals surface area (Å²) >= 11 is 12.4. The van der Waals surface area contributed by atoms with Gasteiger partial charge in [0.25, 0.3) is 0 Å². The Hall–Kier alpha value is -3.03. The van der Waals surface area contributed by atoms with Crippen LogP contribution >= 0.6 is 23.2 Å². The highest BCUT2D eigenvalue weighted by Gasteiger charge is 2.28. The fraction of sp³-hybridized carbons (Fsp3) is 0.217. The van der Waals surface area contributed by atoms with Crippen LogP contribution in [0, 0.1) is 5.82 Å². The SMILES string of the molecule is C[C@H](Oc1ccc2ncc(/C=C/c3nn[nH]n3)c(C3CC3)c2c1)c1c(Cl)ccc(F)c1Cl. The Morgan fingerprint density at radius 2 is 2.03 bits per heavy atom. The van der Waals surface area contributed by atoms with E-state index in [1.807, 2.05) is 30.5 Å². The molecule has 4 aromatic rings. The Morgan fingerprint density at radius 3 is 2.78 bits per heavy atom. The summed E-state index contributed by atoms with van der Waals surface area (Å²) in [5, 5.41) is 15.3. The standard InChI is InChI=1S/C23H18Cl2FN5O/c1-12(21-17(24)6-7-18(26)23(21)25)32-15-5-8-19-16(10-15)22(13-2-3-13)14(11-27-19)4-9-20-28-30-31-29-20/h4-13H,2-3H2,1H3,(H,28,29,30,31)/b9-4+/t12-/m0/s1. The number of aromatic nitrogens is 5. The first-order valence-corrected chi connectivity index (χ1v) is 10.9. The number of pyridine rings is 1. The minimum atomic E-state index is -0.540. The second-order valence-corrected chi connectivity index (χ2v) is 8.49. The highest BCUT2D eigenvalue weighted by atomic mass is 35.5. The molecular weight excluding hydrogens is 452 g/mol. The molecule has 1 saturated carbocycles. The minimum absolute atomic E-state index is 0.0278. The monoisotopic (exact) mass is 469 g/mol. The summed E-state index contributed by atoms with van der Waals surface area (Å²) < 4.78 is 20.1. The van der Waals surface area contributed by atoms with Gasteiger partial charge in [-0.25, -0.2) is 4.39 Å². The van der Waals surface area contributed by atoms with Crippen molar-refractivity contribution in [3.05, 3.63) is 74.9 Å². The first-order valence-electron chi connectivity index (χ1n) is 10.2. The number of benzene rings is 2. The number of aromatic amines is 1. The number of hydrogen-bond acceptors (Lipinski definition) is 5. The zero-order valence-electron chi connectivity index (χ0n) is 17.0. The fourth-order valence-corrected chi connectivity index (χ4v) is 4.50. The summed E-state index contributed by atoms with van der Waals surface area (Å²) in [6.45, 7) is 1.79. The summed E-state index contributed by atoms with van der Waals surface area (Å²) in [7, 11) is 0. The van der Waals surface area contributed by atoms with E-state index in [0.717, 1.165) is 29.3 Å². The van der Waals surface area contributed by atoms with Gasteiger partial charge in [-0.1, -0.05) is 23.2 Å². The maximum Gasteiger partial charge on any atom is 0.197 e. The normalized spacial score (nSPS) is 14.9. The van der Waals surface area contributed by atoms with E-state index in [0.29, 0.717) is 28.1 Å². The van der Waals surface area contributed by atoms with Gasteiger partial charge in [-0.05, 0) is 84.5 Å². The van der Waals surface area contributed by atoms with Crippen LogP contribution in [0.2, 0.25) is 10.0 Å². The van der Waals surface area contributed by atoms with Crippen molar-refractivity contribution in [2.45, 2.75) is 31.8 Å². The van der Waals surface area contributed by atoms with Crippen LogP contribution in [0.4, 0.5) is 4.39 Å². The molecule has 9 heteroatoms. The van der Waals surface area contributed by atoms with Gasteiger partial charge in [-0.2, -0.15) is 5.21 Å². The van der Waals surface area contributed by atoms with Gasteiger partial charge >= 0.3 is 0 Å². The van der Waals surface area contributed by atoms with Crippen LogP contribution in [0.1, 0.15) is 54.3 Å². The maximum absolute atomic E-state index is 14.0. The van der Waals surface area contributed by atoms with Crippen molar-refractivity contribution in [2.75, 3.05) is 0 Å². The van der Waals surface area contributed by atoms with Crippen LogP contribution < -0.4 is 4.74 Å². The molecule has 0 radical (unpaired) electrons. The molecule has 162 valence electrons. The molecule has 0 amide bonds.